The van der Waals surface area contributed by atoms with Gasteiger partial charge in [0.2, 0.25) is 0 Å². The molecular formula is C12H12N2O3. The van der Waals surface area contributed by atoms with Crippen LogP contribution in [0.15, 0.2) is 41.0 Å². The Morgan fingerprint density at radius 2 is 2.12 bits per heavy atom. The molecule has 0 unspecified atom stereocenters. The molecule has 0 bridgehead atoms. The van der Waals surface area contributed by atoms with Gasteiger partial charge in [0.1, 0.15) is 6.26 Å². The van der Waals surface area contributed by atoms with E-state index in [0.29, 0.717) is 6.54 Å². The second kappa shape index (κ2) is 4.69. The van der Waals surface area contributed by atoms with E-state index < -0.39 is 5.97 Å². The van der Waals surface area contributed by atoms with Crippen molar-refractivity contribution in [3.8, 4) is 0 Å². The standard InChI is InChI=1S/C12H12N2O3/c1-2-14(9-6-4-3-5-7-9)12-13-10(8-17-12)11(15)16/h3-8H,2H2,1H3,(H,15,16). The first-order valence-electron chi connectivity index (χ1n) is 5.23. The van der Waals surface area contributed by atoms with Crippen LogP contribution in [0, 0.1) is 0 Å². The third-order valence-electron chi connectivity index (χ3n) is 2.33. The molecule has 0 aliphatic heterocycles. The van der Waals surface area contributed by atoms with Crippen molar-refractivity contribution >= 4 is 17.7 Å². The summed E-state index contributed by atoms with van der Waals surface area (Å²) in [7, 11) is 0. The zero-order chi connectivity index (χ0) is 12.3. The fraction of sp³-hybridized carbons (Fsp3) is 0.167. The molecule has 2 aromatic rings. The lowest BCUT2D eigenvalue weighted by Crippen LogP contribution is -2.16. The molecule has 0 spiro atoms. The number of nitrogens with zero attached hydrogens (tertiary/aromatic N) is 2. The van der Waals surface area contributed by atoms with Gasteiger partial charge in [0.25, 0.3) is 0 Å². The average Bonchev–Trinajstić information content (AvgIpc) is 2.81. The minimum Gasteiger partial charge on any atom is -0.476 e. The van der Waals surface area contributed by atoms with Crippen LogP contribution in [-0.2, 0) is 0 Å². The topological polar surface area (TPSA) is 66.6 Å². The van der Waals surface area contributed by atoms with Crippen molar-refractivity contribution in [1.29, 1.82) is 0 Å². The number of anilines is 2. The summed E-state index contributed by atoms with van der Waals surface area (Å²) in [5.41, 5.74) is 0.822. The summed E-state index contributed by atoms with van der Waals surface area (Å²) in [4.78, 5) is 16.4. The Morgan fingerprint density at radius 3 is 2.65 bits per heavy atom. The van der Waals surface area contributed by atoms with Gasteiger partial charge in [-0.3, -0.25) is 4.90 Å². The molecule has 0 amide bonds. The van der Waals surface area contributed by atoms with Crippen molar-refractivity contribution in [2.75, 3.05) is 11.4 Å². The second-order valence-corrected chi connectivity index (χ2v) is 3.40. The molecule has 88 valence electrons. The number of oxazole rings is 1. The number of carbonyl (C=O) groups is 1. The predicted molar refractivity (Wildman–Crippen MR) is 62.6 cm³/mol. The van der Waals surface area contributed by atoms with Gasteiger partial charge in [-0.2, -0.15) is 4.98 Å². The van der Waals surface area contributed by atoms with Crippen LogP contribution in [0.1, 0.15) is 17.4 Å². The average molecular weight is 232 g/mol. The predicted octanol–water partition coefficient (Wildman–Crippen LogP) is 2.53. The Kier molecular flexibility index (Phi) is 3.09. The number of hydrogen-bond donors (Lipinski definition) is 1. The third-order valence-corrected chi connectivity index (χ3v) is 2.33. The molecule has 2 rings (SSSR count). The van der Waals surface area contributed by atoms with Crippen molar-refractivity contribution in [3.05, 3.63) is 42.3 Å². The van der Waals surface area contributed by atoms with Gasteiger partial charge >= 0.3 is 12.0 Å². The Bertz CT molecular complexity index is 507. The molecule has 0 saturated heterocycles. The molecule has 1 N–H and O–H groups in total. The SMILES string of the molecule is CCN(c1ccccc1)c1nc(C(=O)O)co1. The molecule has 0 aliphatic rings. The first-order chi connectivity index (χ1) is 8.22. The van der Waals surface area contributed by atoms with Gasteiger partial charge < -0.3 is 9.52 Å². The summed E-state index contributed by atoms with van der Waals surface area (Å²) in [5, 5.41) is 8.78. The lowest BCUT2D eigenvalue weighted by molar-refractivity contribution is 0.0690. The number of hydrogen-bond acceptors (Lipinski definition) is 4. The third kappa shape index (κ3) is 2.28. The van der Waals surface area contributed by atoms with Crippen LogP contribution in [0.2, 0.25) is 0 Å². The summed E-state index contributed by atoms with van der Waals surface area (Å²) in [5.74, 6) is -1.09. The van der Waals surface area contributed by atoms with E-state index in [-0.39, 0.29) is 11.7 Å². The fourth-order valence-electron chi connectivity index (χ4n) is 1.52. The van der Waals surface area contributed by atoms with E-state index in [1.165, 1.54) is 0 Å². The largest absolute Gasteiger partial charge is 0.476 e. The minimum absolute atomic E-state index is 0.0885. The lowest BCUT2D eigenvalue weighted by Gasteiger charge is -2.17. The number of carboxylic acid groups (broad SMARTS) is 1. The maximum absolute atomic E-state index is 10.7. The molecule has 5 nitrogen and oxygen atoms in total. The molecular weight excluding hydrogens is 220 g/mol. The zero-order valence-electron chi connectivity index (χ0n) is 9.33. The smallest absolute Gasteiger partial charge is 0.357 e. The molecule has 0 radical (unpaired) electrons. The second-order valence-electron chi connectivity index (χ2n) is 3.40. The van der Waals surface area contributed by atoms with Gasteiger partial charge in [-0.05, 0) is 19.1 Å². The molecule has 1 aromatic heterocycles. The molecule has 0 fully saturated rings. The Morgan fingerprint density at radius 1 is 1.41 bits per heavy atom. The highest BCUT2D eigenvalue weighted by atomic mass is 16.4. The number of benzene rings is 1. The van der Waals surface area contributed by atoms with Gasteiger partial charge in [0, 0.05) is 12.2 Å². The van der Waals surface area contributed by atoms with Crippen molar-refractivity contribution < 1.29 is 14.3 Å². The van der Waals surface area contributed by atoms with Gasteiger partial charge in [-0.1, -0.05) is 18.2 Å². The van der Waals surface area contributed by atoms with Crippen LogP contribution < -0.4 is 4.90 Å². The van der Waals surface area contributed by atoms with Crippen LogP contribution in [-0.4, -0.2) is 22.6 Å². The molecule has 0 atom stereocenters. The highest BCUT2D eigenvalue weighted by molar-refractivity contribution is 5.85. The summed E-state index contributed by atoms with van der Waals surface area (Å²) in [6.07, 6.45) is 1.14. The summed E-state index contributed by atoms with van der Waals surface area (Å²) < 4.78 is 5.17. The molecule has 0 saturated carbocycles. The first-order valence-corrected chi connectivity index (χ1v) is 5.23. The van der Waals surface area contributed by atoms with E-state index in [9.17, 15) is 4.79 Å². The summed E-state index contributed by atoms with van der Waals surface area (Å²) in [6.45, 7) is 2.58. The summed E-state index contributed by atoms with van der Waals surface area (Å²) >= 11 is 0. The first kappa shape index (κ1) is 11.2. The fourth-order valence-corrected chi connectivity index (χ4v) is 1.52. The quantitative estimate of drug-likeness (QED) is 0.877. The Labute approximate surface area is 98.3 Å². The van der Waals surface area contributed by atoms with Gasteiger partial charge in [0.15, 0.2) is 5.69 Å². The number of aromatic carboxylic acids is 1. The van der Waals surface area contributed by atoms with E-state index in [2.05, 4.69) is 4.98 Å². The van der Waals surface area contributed by atoms with Crippen molar-refractivity contribution in [2.45, 2.75) is 6.92 Å². The van der Waals surface area contributed by atoms with Gasteiger partial charge in [0.05, 0.1) is 0 Å². The number of aromatic nitrogens is 1. The van der Waals surface area contributed by atoms with E-state index in [1.807, 2.05) is 37.3 Å². The molecule has 0 aliphatic carbocycles. The Hall–Kier alpha value is -2.30. The zero-order valence-corrected chi connectivity index (χ0v) is 9.33. The van der Waals surface area contributed by atoms with Crippen LogP contribution >= 0.6 is 0 Å². The highest BCUT2D eigenvalue weighted by Crippen LogP contribution is 2.23. The number of rotatable bonds is 4. The molecule has 5 heteroatoms. The van der Waals surface area contributed by atoms with Gasteiger partial charge in [-0.25, -0.2) is 4.79 Å². The lowest BCUT2D eigenvalue weighted by atomic mass is 10.3. The molecule has 17 heavy (non-hydrogen) atoms. The van der Waals surface area contributed by atoms with Crippen molar-refractivity contribution in [1.82, 2.24) is 4.98 Å². The summed E-state index contributed by atoms with van der Waals surface area (Å²) in [6, 6.07) is 9.83. The minimum atomic E-state index is -1.09. The molecule has 1 aromatic carbocycles. The van der Waals surface area contributed by atoms with E-state index in [0.717, 1.165) is 12.0 Å². The maximum Gasteiger partial charge on any atom is 0.357 e. The van der Waals surface area contributed by atoms with E-state index in [4.69, 9.17) is 9.52 Å². The van der Waals surface area contributed by atoms with Crippen molar-refractivity contribution in [2.24, 2.45) is 0 Å². The van der Waals surface area contributed by atoms with E-state index in [1.54, 1.807) is 4.90 Å². The normalized spacial score (nSPS) is 10.2. The number of para-hydroxylation sites is 1. The highest BCUT2D eigenvalue weighted by Gasteiger charge is 2.16. The molecule has 1 heterocycles. The Balaban J connectivity index is 2.32. The van der Waals surface area contributed by atoms with Crippen LogP contribution in [0.4, 0.5) is 11.7 Å². The number of carboxylic acids is 1. The van der Waals surface area contributed by atoms with Crippen LogP contribution in [0.5, 0.6) is 0 Å². The van der Waals surface area contributed by atoms with Crippen molar-refractivity contribution in [3.63, 3.8) is 0 Å². The monoisotopic (exact) mass is 232 g/mol. The van der Waals surface area contributed by atoms with E-state index >= 15 is 0 Å². The van der Waals surface area contributed by atoms with Gasteiger partial charge in [-0.15, -0.1) is 0 Å². The maximum atomic E-state index is 10.7. The van der Waals surface area contributed by atoms with Crippen LogP contribution in [0.25, 0.3) is 0 Å². The van der Waals surface area contributed by atoms with Crippen LogP contribution in [0.3, 0.4) is 0 Å².